The van der Waals surface area contributed by atoms with Crippen molar-refractivity contribution in [1.82, 2.24) is 4.90 Å². The van der Waals surface area contributed by atoms with Gasteiger partial charge in [0.2, 0.25) is 11.8 Å². The lowest BCUT2D eigenvalue weighted by molar-refractivity contribution is -0.140. The van der Waals surface area contributed by atoms with E-state index >= 15 is 0 Å². The number of carbonyl (C=O) groups is 2. The maximum Gasteiger partial charge on any atom is 0.228 e. The SMILES string of the molecule is O=C(C1CC(=O)N(c2ccc(F)cc2)C1)N1CCC(O)(c2ccc(Cl)cc2)CC1. The molecule has 2 aliphatic rings. The van der Waals surface area contributed by atoms with Gasteiger partial charge in [0.15, 0.2) is 0 Å². The van der Waals surface area contributed by atoms with Crippen LogP contribution in [0.5, 0.6) is 0 Å². The Bertz CT molecular complexity index is 909. The molecule has 0 aliphatic carbocycles. The van der Waals surface area contributed by atoms with Crippen LogP contribution in [0.15, 0.2) is 48.5 Å². The zero-order valence-corrected chi connectivity index (χ0v) is 16.6. The number of likely N-dealkylation sites (tertiary alicyclic amines) is 1. The fourth-order valence-electron chi connectivity index (χ4n) is 4.15. The number of nitrogens with zero attached hydrogens (tertiary/aromatic N) is 2. The molecular formula is C22H22ClFN2O3. The summed E-state index contributed by atoms with van der Waals surface area (Å²) in [5, 5.41) is 11.6. The molecule has 2 saturated heterocycles. The van der Waals surface area contributed by atoms with E-state index in [1.54, 1.807) is 29.2 Å². The molecule has 1 N–H and O–H groups in total. The van der Waals surface area contributed by atoms with Crippen molar-refractivity contribution in [3.63, 3.8) is 0 Å². The number of benzene rings is 2. The predicted molar refractivity (Wildman–Crippen MR) is 108 cm³/mol. The lowest BCUT2D eigenvalue weighted by Crippen LogP contribution is -2.47. The van der Waals surface area contributed by atoms with Gasteiger partial charge in [-0.1, -0.05) is 23.7 Å². The molecular weight excluding hydrogens is 395 g/mol. The van der Waals surface area contributed by atoms with Crippen LogP contribution in [-0.4, -0.2) is 41.5 Å². The second kappa shape index (κ2) is 7.76. The Balaban J connectivity index is 1.39. The third kappa shape index (κ3) is 4.00. The molecule has 2 aromatic rings. The van der Waals surface area contributed by atoms with Crippen LogP contribution in [0.1, 0.15) is 24.8 Å². The second-order valence-electron chi connectivity index (χ2n) is 7.75. The first-order chi connectivity index (χ1) is 13.9. The largest absolute Gasteiger partial charge is 0.385 e. The van der Waals surface area contributed by atoms with E-state index in [9.17, 15) is 19.1 Å². The van der Waals surface area contributed by atoms with Gasteiger partial charge in [0.25, 0.3) is 0 Å². The summed E-state index contributed by atoms with van der Waals surface area (Å²) in [6.07, 6.45) is 1.01. The third-order valence-corrected chi connectivity index (χ3v) is 6.15. The van der Waals surface area contributed by atoms with Crippen molar-refractivity contribution in [1.29, 1.82) is 0 Å². The highest BCUT2D eigenvalue weighted by molar-refractivity contribution is 6.30. The molecule has 2 aromatic carbocycles. The highest BCUT2D eigenvalue weighted by Gasteiger charge is 2.41. The van der Waals surface area contributed by atoms with Crippen molar-refractivity contribution >= 4 is 29.1 Å². The molecule has 2 aliphatic heterocycles. The molecule has 5 nitrogen and oxygen atoms in total. The Morgan fingerprint density at radius 2 is 1.69 bits per heavy atom. The van der Waals surface area contributed by atoms with Gasteiger partial charge in [0.05, 0.1) is 11.5 Å². The number of rotatable bonds is 3. The van der Waals surface area contributed by atoms with E-state index in [4.69, 9.17) is 11.6 Å². The average Bonchev–Trinajstić information content (AvgIpc) is 3.11. The van der Waals surface area contributed by atoms with Gasteiger partial charge in [0.1, 0.15) is 5.82 Å². The maximum atomic E-state index is 13.1. The molecule has 0 bridgehead atoms. The van der Waals surface area contributed by atoms with Crippen molar-refractivity contribution < 1.29 is 19.1 Å². The molecule has 0 saturated carbocycles. The minimum absolute atomic E-state index is 0.0684. The third-order valence-electron chi connectivity index (χ3n) is 5.90. The maximum absolute atomic E-state index is 13.1. The van der Waals surface area contributed by atoms with Crippen LogP contribution in [0, 0.1) is 11.7 Å². The predicted octanol–water partition coefficient (Wildman–Crippen LogP) is 3.34. The highest BCUT2D eigenvalue weighted by atomic mass is 35.5. The van der Waals surface area contributed by atoms with E-state index in [0.29, 0.717) is 43.2 Å². The van der Waals surface area contributed by atoms with E-state index in [1.807, 2.05) is 12.1 Å². The summed E-state index contributed by atoms with van der Waals surface area (Å²) in [5.74, 6) is -0.991. The number of anilines is 1. The summed E-state index contributed by atoms with van der Waals surface area (Å²) in [7, 11) is 0. The summed E-state index contributed by atoms with van der Waals surface area (Å²) in [6.45, 7) is 1.15. The monoisotopic (exact) mass is 416 g/mol. The van der Waals surface area contributed by atoms with Crippen molar-refractivity contribution in [2.75, 3.05) is 24.5 Å². The van der Waals surface area contributed by atoms with E-state index in [1.165, 1.54) is 17.0 Å². The van der Waals surface area contributed by atoms with Crippen LogP contribution in [-0.2, 0) is 15.2 Å². The standard InChI is InChI=1S/C22H22ClFN2O3/c23-17-3-1-16(2-4-17)22(29)9-11-25(12-10-22)21(28)15-13-20(27)26(14-15)19-7-5-18(24)6-8-19/h1-8,15,29H,9-14H2. The Morgan fingerprint density at radius 3 is 2.31 bits per heavy atom. The lowest BCUT2D eigenvalue weighted by Gasteiger charge is -2.39. The fraction of sp³-hybridized carbons (Fsp3) is 0.364. The number of piperidine rings is 1. The molecule has 0 radical (unpaired) electrons. The zero-order chi connectivity index (χ0) is 20.6. The summed E-state index contributed by atoms with van der Waals surface area (Å²) in [5.41, 5.74) is 0.419. The Morgan fingerprint density at radius 1 is 1.07 bits per heavy atom. The number of aliphatic hydroxyl groups is 1. The minimum atomic E-state index is -0.979. The summed E-state index contributed by atoms with van der Waals surface area (Å²) in [6, 6.07) is 12.8. The van der Waals surface area contributed by atoms with Gasteiger partial charge in [-0.3, -0.25) is 9.59 Å². The topological polar surface area (TPSA) is 60.9 Å². The molecule has 4 rings (SSSR count). The minimum Gasteiger partial charge on any atom is -0.385 e. The Labute approximate surface area is 173 Å². The molecule has 2 heterocycles. The normalized spacial score (nSPS) is 21.5. The second-order valence-corrected chi connectivity index (χ2v) is 8.18. The van der Waals surface area contributed by atoms with Gasteiger partial charge in [-0.05, 0) is 54.8 Å². The average molecular weight is 417 g/mol. The van der Waals surface area contributed by atoms with E-state index < -0.39 is 11.5 Å². The molecule has 0 spiro atoms. The molecule has 1 atom stereocenters. The first kappa shape index (κ1) is 19.9. The van der Waals surface area contributed by atoms with Gasteiger partial charge < -0.3 is 14.9 Å². The van der Waals surface area contributed by atoms with E-state index in [2.05, 4.69) is 0 Å². The zero-order valence-electron chi connectivity index (χ0n) is 15.9. The number of carbonyl (C=O) groups excluding carboxylic acids is 2. The number of hydrogen-bond acceptors (Lipinski definition) is 3. The van der Waals surface area contributed by atoms with Gasteiger partial charge in [0, 0.05) is 36.8 Å². The van der Waals surface area contributed by atoms with E-state index in [0.717, 1.165) is 5.56 Å². The van der Waals surface area contributed by atoms with Crippen molar-refractivity contribution in [2.24, 2.45) is 5.92 Å². The van der Waals surface area contributed by atoms with Gasteiger partial charge in [-0.2, -0.15) is 0 Å². The van der Waals surface area contributed by atoms with Gasteiger partial charge in [-0.25, -0.2) is 4.39 Å². The first-order valence-corrected chi connectivity index (χ1v) is 10.1. The summed E-state index contributed by atoms with van der Waals surface area (Å²) < 4.78 is 13.1. The van der Waals surface area contributed by atoms with Crippen LogP contribution >= 0.6 is 11.6 Å². The fourth-order valence-corrected chi connectivity index (χ4v) is 4.27. The van der Waals surface area contributed by atoms with Crippen LogP contribution < -0.4 is 4.90 Å². The molecule has 29 heavy (non-hydrogen) atoms. The molecule has 0 aromatic heterocycles. The van der Waals surface area contributed by atoms with Gasteiger partial charge >= 0.3 is 0 Å². The van der Waals surface area contributed by atoms with Crippen LogP contribution in [0.2, 0.25) is 5.02 Å². The van der Waals surface area contributed by atoms with Crippen LogP contribution in [0.25, 0.3) is 0 Å². The van der Waals surface area contributed by atoms with Gasteiger partial charge in [-0.15, -0.1) is 0 Å². The lowest BCUT2D eigenvalue weighted by atomic mass is 9.84. The molecule has 2 amide bonds. The number of hydrogen-bond donors (Lipinski definition) is 1. The van der Waals surface area contributed by atoms with E-state index in [-0.39, 0.29) is 24.1 Å². The Hall–Kier alpha value is -2.44. The van der Waals surface area contributed by atoms with Crippen molar-refractivity contribution in [2.45, 2.75) is 24.9 Å². The molecule has 2 fully saturated rings. The Kier molecular flexibility index (Phi) is 5.32. The smallest absolute Gasteiger partial charge is 0.228 e. The highest BCUT2D eigenvalue weighted by Crippen LogP contribution is 2.35. The molecule has 152 valence electrons. The molecule has 1 unspecified atom stereocenters. The number of amides is 2. The first-order valence-electron chi connectivity index (χ1n) is 9.69. The number of halogens is 2. The quantitative estimate of drug-likeness (QED) is 0.834. The van der Waals surface area contributed by atoms with Crippen molar-refractivity contribution in [3.05, 3.63) is 64.9 Å². The summed E-state index contributed by atoms with van der Waals surface area (Å²) >= 11 is 5.92. The summed E-state index contributed by atoms with van der Waals surface area (Å²) in [4.78, 5) is 28.6. The van der Waals surface area contributed by atoms with Crippen LogP contribution in [0.3, 0.4) is 0 Å². The van der Waals surface area contributed by atoms with Crippen LogP contribution in [0.4, 0.5) is 10.1 Å². The molecule has 7 heteroatoms. The van der Waals surface area contributed by atoms with Crippen molar-refractivity contribution in [3.8, 4) is 0 Å².